The van der Waals surface area contributed by atoms with Gasteiger partial charge in [0.15, 0.2) is 6.10 Å². The summed E-state index contributed by atoms with van der Waals surface area (Å²) in [7, 11) is 0. The Morgan fingerprint density at radius 2 is 0.554 bits per heavy atom. The molecule has 6 nitrogen and oxygen atoms in total. The highest BCUT2D eigenvalue weighted by Gasteiger charge is 2.19. The second-order valence-corrected chi connectivity index (χ2v) is 18.1. The zero-order valence-corrected chi connectivity index (χ0v) is 42.7. The monoisotopic (exact) mass is 907 g/mol. The van der Waals surface area contributed by atoms with E-state index in [0.29, 0.717) is 19.3 Å². The molecule has 6 heteroatoms. The third-order valence-electron chi connectivity index (χ3n) is 11.7. The summed E-state index contributed by atoms with van der Waals surface area (Å²) in [5.74, 6) is -0.932. The van der Waals surface area contributed by atoms with Crippen LogP contribution in [0.2, 0.25) is 0 Å². The summed E-state index contributed by atoms with van der Waals surface area (Å²) in [5, 5.41) is 0. The van der Waals surface area contributed by atoms with Gasteiger partial charge in [-0.2, -0.15) is 0 Å². The Morgan fingerprint density at radius 1 is 0.308 bits per heavy atom. The minimum Gasteiger partial charge on any atom is -0.462 e. The first-order chi connectivity index (χ1) is 32.0. The number of allylic oxidation sites excluding steroid dienone is 12. The fourth-order valence-corrected chi connectivity index (χ4v) is 7.47. The predicted octanol–water partition coefficient (Wildman–Crippen LogP) is 18.2. The van der Waals surface area contributed by atoms with Gasteiger partial charge in [0.1, 0.15) is 13.2 Å². The molecule has 0 saturated carbocycles. The van der Waals surface area contributed by atoms with Crippen molar-refractivity contribution in [2.24, 2.45) is 0 Å². The zero-order chi connectivity index (χ0) is 47.2. The molecule has 0 aliphatic rings. The van der Waals surface area contributed by atoms with Crippen LogP contribution < -0.4 is 0 Å². The number of esters is 3. The molecule has 0 spiro atoms. The lowest BCUT2D eigenvalue weighted by Gasteiger charge is -2.18. The van der Waals surface area contributed by atoms with Gasteiger partial charge in [0.05, 0.1) is 0 Å². The topological polar surface area (TPSA) is 78.9 Å². The highest BCUT2D eigenvalue weighted by molar-refractivity contribution is 5.71. The molecule has 65 heavy (non-hydrogen) atoms. The molecule has 0 aromatic carbocycles. The van der Waals surface area contributed by atoms with Crippen LogP contribution in [0.3, 0.4) is 0 Å². The average Bonchev–Trinajstić information content (AvgIpc) is 3.30. The summed E-state index contributed by atoms with van der Waals surface area (Å²) < 4.78 is 16.8. The van der Waals surface area contributed by atoms with Crippen molar-refractivity contribution in [3.05, 3.63) is 72.9 Å². The van der Waals surface area contributed by atoms with Gasteiger partial charge >= 0.3 is 17.9 Å². The van der Waals surface area contributed by atoms with E-state index in [1.807, 2.05) is 0 Å². The Balaban J connectivity index is 4.46. The maximum absolute atomic E-state index is 12.8. The molecule has 374 valence electrons. The van der Waals surface area contributed by atoms with Gasteiger partial charge in [0.25, 0.3) is 0 Å². The van der Waals surface area contributed by atoms with Gasteiger partial charge < -0.3 is 14.2 Å². The maximum atomic E-state index is 12.8. The smallest absolute Gasteiger partial charge is 0.306 e. The second-order valence-electron chi connectivity index (χ2n) is 18.1. The van der Waals surface area contributed by atoms with Crippen LogP contribution in [0.25, 0.3) is 0 Å². The molecule has 0 aliphatic heterocycles. The van der Waals surface area contributed by atoms with E-state index in [2.05, 4.69) is 93.7 Å². The molecule has 0 amide bonds. The Kier molecular flexibility index (Phi) is 50.9. The lowest BCUT2D eigenvalue weighted by atomic mass is 10.1. The number of hydrogen-bond acceptors (Lipinski definition) is 6. The van der Waals surface area contributed by atoms with Gasteiger partial charge in [0, 0.05) is 19.3 Å². The Labute approximate surface area is 402 Å². The number of ether oxygens (including phenoxy) is 3. The van der Waals surface area contributed by atoms with E-state index in [1.54, 1.807) is 0 Å². The third-order valence-corrected chi connectivity index (χ3v) is 11.7. The summed E-state index contributed by atoms with van der Waals surface area (Å²) in [6.07, 6.45) is 67.3. The van der Waals surface area contributed by atoms with Crippen molar-refractivity contribution >= 4 is 17.9 Å². The predicted molar refractivity (Wildman–Crippen MR) is 279 cm³/mol. The Bertz CT molecular complexity index is 1230. The summed E-state index contributed by atoms with van der Waals surface area (Å²) in [6.45, 7) is 6.55. The molecule has 1 atom stereocenters. The Morgan fingerprint density at radius 3 is 0.908 bits per heavy atom. The molecule has 0 heterocycles. The number of unbranched alkanes of at least 4 members (excludes halogenated alkanes) is 26. The average molecular weight is 907 g/mol. The standard InChI is InChI=1S/C59H102O6/c1-4-7-10-13-16-19-22-25-28-29-32-34-37-40-43-46-49-52-58(61)64-55-56(65-59(62)53-50-47-44-41-38-35-31-27-24-21-18-15-12-9-6-3)54-63-57(60)51-48-45-42-39-36-33-30-26-23-20-17-14-11-8-5-2/h16-17,19-20,25-28,30-32,34,56H,4-15,18,21-24,29,33,35-55H2,1-3H3/t56-/m1/s1. The van der Waals surface area contributed by atoms with Crippen molar-refractivity contribution in [1.82, 2.24) is 0 Å². The van der Waals surface area contributed by atoms with E-state index in [-0.39, 0.29) is 31.1 Å². The van der Waals surface area contributed by atoms with E-state index < -0.39 is 6.10 Å². The number of carbonyl (C=O) groups excluding carboxylic acids is 3. The van der Waals surface area contributed by atoms with Crippen LogP contribution in [0.1, 0.15) is 265 Å². The van der Waals surface area contributed by atoms with Crippen LogP contribution in [-0.4, -0.2) is 37.2 Å². The van der Waals surface area contributed by atoms with Gasteiger partial charge in [-0.1, -0.05) is 203 Å². The SMILES string of the molecule is CCCCCC=CCC=CCC=CCCCCCCC(=O)OC[C@@H](COC(=O)CCCCCCCC=CCC=CCCCCC)OC(=O)CCCCCCCC=CCCCCCCCC. The van der Waals surface area contributed by atoms with Crippen molar-refractivity contribution in [3.63, 3.8) is 0 Å². The molecule has 0 aliphatic carbocycles. The molecule has 0 unspecified atom stereocenters. The molecule has 0 aromatic rings. The Hall–Kier alpha value is -3.15. The first kappa shape index (κ1) is 61.9. The summed E-state index contributed by atoms with van der Waals surface area (Å²) in [6, 6.07) is 0. The minimum absolute atomic E-state index is 0.0933. The van der Waals surface area contributed by atoms with Crippen LogP contribution in [0.5, 0.6) is 0 Å². The van der Waals surface area contributed by atoms with Gasteiger partial charge in [-0.25, -0.2) is 0 Å². The molecule has 0 aromatic heterocycles. The molecular weight excluding hydrogens is 805 g/mol. The molecule has 0 radical (unpaired) electrons. The van der Waals surface area contributed by atoms with Crippen LogP contribution in [0.15, 0.2) is 72.9 Å². The molecule has 0 rings (SSSR count). The van der Waals surface area contributed by atoms with Gasteiger partial charge in [-0.3, -0.25) is 14.4 Å². The van der Waals surface area contributed by atoms with Crippen LogP contribution in [-0.2, 0) is 28.6 Å². The molecule has 0 bridgehead atoms. The summed E-state index contributed by atoms with van der Waals surface area (Å²) in [5.41, 5.74) is 0. The maximum Gasteiger partial charge on any atom is 0.306 e. The number of hydrogen-bond donors (Lipinski definition) is 0. The lowest BCUT2D eigenvalue weighted by molar-refractivity contribution is -0.167. The largest absolute Gasteiger partial charge is 0.462 e. The first-order valence-corrected chi connectivity index (χ1v) is 27.4. The molecule has 0 N–H and O–H groups in total. The van der Waals surface area contributed by atoms with Crippen molar-refractivity contribution in [2.75, 3.05) is 13.2 Å². The summed E-state index contributed by atoms with van der Waals surface area (Å²) in [4.78, 5) is 38.1. The molecule has 0 fully saturated rings. The van der Waals surface area contributed by atoms with E-state index in [4.69, 9.17) is 14.2 Å². The number of carbonyl (C=O) groups is 3. The van der Waals surface area contributed by atoms with E-state index in [9.17, 15) is 14.4 Å². The second kappa shape index (κ2) is 53.5. The third kappa shape index (κ3) is 51.7. The molecule has 0 saturated heterocycles. The number of rotatable bonds is 49. The van der Waals surface area contributed by atoms with E-state index >= 15 is 0 Å². The highest BCUT2D eigenvalue weighted by Crippen LogP contribution is 2.14. The summed E-state index contributed by atoms with van der Waals surface area (Å²) >= 11 is 0. The lowest BCUT2D eigenvalue weighted by Crippen LogP contribution is -2.30. The van der Waals surface area contributed by atoms with E-state index in [1.165, 1.54) is 103 Å². The van der Waals surface area contributed by atoms with Crippen molar-refractivity contribution in [1.29, 1.82) is 0 Å². The zero-order valence-electron chi connectivity index (χ0n) is 42.7. The van der Waals surface area contributed by atoms with Gasteiger partial charge in [-0.05, 0) is 116 Å². The normalized spacial score (nSPS) is 12.6. The highest BCUT2D eigenvalue weighted by atomic mass is 16.6. The first-order valence-electron chi connectivity index (χ1n) is 27.4. The quantitative estimate of drug-likeness (QED) is 0.0262. The van der Waals surface area contributed by atoms with Crippen LogP contribution in [0.4, 0.5) is 0 Å². The van der Waals surface area contributed by atoms with Gasteiger partial charge in [-0.15, -0.1) is 0 Å². The van der Waals surface area contributed by atoms with Crippen molar-refractivity contribution in [3.8, 4) is 0 Å². The van der Waals surface area contributed by atoms with Crippen molar-refractivity contribution in [2.45, 2.75) is 271 Å². The van der Waals surface area contributed by atoms with Crippen molar-refractivity contribution < 1.29 is 28.6 Å². The molecular formula is C59H102O6. The van der Waals surface area contributed by atoms with Crippen LogP contribution in [0, 0.1) is 0 Å². The fourth-order valence-electron chi connectivity index (χ4n) is 7.47. The minimum atomic E-state index is -0.795. The van der Waals surface area contributed by atoms with Crippen LogP contribution >= 0.6 is 0 Å². The van der Waals surface area contributed by atoms with E-state index in [0.717, 1.165) is 122 Å². The van der Waals surface area contributed by atoms with Gasteiger partial charge in [0.2, 0.25) is 0 Å². The fraction of sp³-hybridized carbons (Fsp3) is 0.746.